The number of amides is 1. The van der Waals surface area contributed by atoms with Crippen molar-refractivity contribution in [3.8, 4) is 0 Å². The van der Waals surface area contributed by atoms with Crippen molar-refractivity contribution in [2.24, 2.45) is 0 Å². The fourth-order valence-electron chi connectivity index (χ4n) is 0.907. The van der Waals surface area contributed by atoms with Gasteiger partial charge in [0.05, 0.1) is 6.20 Å². The number of likely N-dealkylation sites (N-methyl/N-ethyl adjacent to an activating group) is 1. The van der Waals surface area contributed by atoms with Gasteiger partial charge < -0.3 is 10.6 Å². The van der Waals surface area contributed by atoms with Crippen molar-refractivity contribution in [1.29, 1.82) is 0 Å². The summed E-state index contributed by atoms with van der Waals surface area (Å²) < 4.78 is 0. The molecule has 0 saturated heterocycles. The fourth-order valence-corrected chi connectivity index (χ4v) is 0.907. The average molecular weight is 197 g/mol. The lowest BCUT2D eigenvalue weighted by atomic mass is 10.3. The van der Waals surface area contributed by atoms with Gasteiger partial charge in [-0.2, -0.15) is 9.90 Å². The second-order valence-corrected chi connectivity index (χ2v) is 3.40. The molecule has 78 valence electrons. The molecule has 0 aromatic carbocycles. The molecule has 0 radical (unpaired) electrons. The van der Waals surface area contributed by atoms with Gasteiger partial charge in [-0.25, -0.2) is 0 Å². The van der Waals surface area contributed by atoms with Crippen molar-refractivity contribution in [3.63, 3.8) is 0 Å². The van der Waals surface area contributed by atoms with Crippen molar-refractivity contribution in [3.05, 3.63) is 6.20 Å². The van der Waals surface area contributed by atoms with E-state index in [9.17, 15) is 4.79 Å². The van der Waals surface area contributed by atoms with E-state index in [1.165, 1.54) is 11.0 Å². The molecule has 1 aromatic rings. The number of carbonyl (C=O) groups excluding carboxylic acids is 1. The zero-order valence-electron chi connectivity index (χ0n) is 8.64. The summed E-state index contributed by atoms with van der Waals surface area (Å²) in [5, 5.41) is 7.66. The summed E-state index contributed by atoms with van der Waals surface area (Å²) in [6.07, 6.45) is 1.42. The monoisotopic (exact) mass is 197 g/mol. The highest BCUT2D eigenvalue weighted by Crippen LogP contribution is 1.97. The minimum absolute atomic E-state index is 0.0319. The Bertz CT molecular complexity index is 319. The molecule has 6 heteroatoms. The predicted octanol–water partition coefficient (Wildman–Crippen LogP) is -0.273. The Balaban J connectivity index is 2.57. The molecule has 1 heterocycles. The minimum atomic E-state index is -0.0319. The predicted molar refractivity (Wildman–Crippen MR) is 52.3 cm³/mol. The molecule has 0 aliphatic carbocycles. The van der Waals surface area contributed by atoms with E-state index in [1.54, 1.807) is 11.9 Å². The minimum Gasteiger partial charge on any atom is -0.381 e. The van der Waals surface area contributed by atoms with Gasteiger partial charge in [0.2, 0.25) is 5.91 Å². The third kappa shape index (κ3) is 2.45. The first-order chi connectivity index (χ1) is 6.50. The van der Waals surface area contributed by atoms with Gasteiger partial charge >= 0.3 is 0 Å². The first-order valence-corrected chi connectivity index (χ1v) is 4.42. The van der Waals surface area contributed by atoms with Crippen molar-refractivity contribution in [2.45, 2.75) is 26.4 Å². The molecule has 0 aliphatic heterocycles. The second kappa shape index (κ2) is 4.08. The standard InChI is InChI=1S/C8H15N5O/c1-6(2)12(3)8(14)5-13-10-4-7(9)11-13/h4,6H,5H2,1-3H3,(H2,9,11). The number of nitrogens with two attached hydrogens (primary N) is 1. The third-order valence-corrected chi connectivity index (χ3v) is 2.00. The largest absolute Gasteiger partial charge is 0.381 e. The van der Waals surface area contributed by atoms with Crippen molar-refractivity contribution < 1.29 is 4.79 Å². The Kier molecular flexibility index (Phi) is 3.06. The number of nitrogens with zero attached hydrogens (tertiary/aromatic N) is 4. The van der Waals surface area contributed by atoms with Crippen molar-refractivity contribution >= 4 is 11.7 Å². The molecule has 0 unspecified atom stereocenters. The summed E-state index contributed by atoms with van der Waals surface area (Å²) in [6.45, 7) is 4.03. The quantitative estimate of drug-likeness (QED) is 0.723. The van der Waals surface area contributed by atoms with Crippen LogP contribution in [-0.2, 0) is 11.3 Å². The molecule has 1 rings (SSSR count). The summed E-state index contributed by atoms with van der Waals surface area (Å²) in [6, 6.07) is 0.176. The van der Waals surface area contributed by atoms with Gasteiger partial charge in [0, 0.05) is 13.1 Å². The third-order valence-electron chi connectivity index (χ3n) is 2.00. The Hall–Kier alpha value is -1.59. The van der Waals surface area contributed by atoms with Crippen LogP contribution in [0, 0.1) is 0 Å². The SMILES string of the molecule is CC(C)N(C)C(=O)Cn1ncc(N)n1. The first-order valence-electron chi connectivity index (χ1n) is 4.42. The maximum atomic E-state index is 11.5. The van der Waals surface area contributed by atoms with Crippen LogP contribution < -0.4 is 5.73 Å². The summed E-state index contributed by atoms with van der Waals surface area (Å²) in [5.74, 6) is 0.292. The topological polar surface area (TPSA) is 77.0 Å². The van der Waals surface area contributed by atoms with Gasteiger partial charge in [-0.3, -0.25) is 4.79 Å². The summed E-state index contributed by atoms with van der Waals surface area (Å²) in [4.78, 5) is 14.5. The molecule has 0 atom stereocenters. The van der Waals surface area contributed by atoms with Gasteiger partial charge in [-0.1, -0.05) is 0 Å². The Morgan fingerprint density at radius 1 is 1.71 bits per heavy atom. The van der Waals surface area contributed by atoms with E-state index in [1.807, 2.05) is 13.8 Å². The van der Waals surface area contributed by atoms with Crippen molar-refractivity contribution in [1.82, 2.24) is 19.9 Å². The molecule has 0 saturated carbocycles. The van der Waals surface area contributed by atoms with Gasteiger partial charge in [-0.15, -0.1) is 5.10 Å². The van der Waals surface area contributed by atoms with Crippen molar-refractivity contribution in [2.75, 3.05) is 12.8 Å². The lowest BCUT2D eigenvalue weighted by Crippen LogP contribution is -2.36. The van der Waals surface area contributed by atoms with E-state index in [0.717, 1.165) is 0 Å². The lowest BCUT2D eigenvalue weighted by molar-refractivity contribution is -0.132. The zero-order chi connectivity index (χ0) is 10.7. The maximum absolute atomic E-state index is 11.5. The highest BCUT2D eigenvalue weighted by atomic mass is 16.2. The number of anilines is 1. The Morgan fingerprint density at radius 2 is 2.36 bits per heavy atom. The van der Waals surface area contributed by atoms with Gasteiger partial charge in [0.1, 0.15) is 6.54 Å². The number of hydrogen-bond acceptors (Lipinski definition) is 4. The molecule has 0 bridgehead atoms. The number of nitrogen functional groups attached to an aromatic ring is 1. The van der Waals surface area contributed by atoms with Gasteiger partial charge in [0.25, 0.3) is 0 Å². The van der Waals surface area contributed by atoms with Crippen LogP contribution in [0.1, 0.15) is 13.8 Å². The van der Waals surface area contributed by atoms with Crippen LogP contribution in [0.15, 0.2) is 6.20 Å². The van der Waals surface area contributed by atoms with Crippen LogP contribution >= 0.6 is 0 Å². The summed E-state index contributed by atoms with van der Waals surface area (Å²) in [7, 11) is 1.75. The first kappa shape index (κ1) is 10.5. The zero-order valence-corrected chi connectivity index (χ0v) is 8.64. The normalized spacial score (nSPS) is 10.6. The molecule has 0 spiro atoms. The van der Waals surface area contributed by atoms with Gasteiger partial charge in [-0.05, 0) is 13.8 Å². The summed E-state index contributed by atoms with van der Waals surface area (Å²) >= 11 is 0. The Morgan fingerprint density at radius 3 is 2.79 bits per heavy atom. The van der Waals surface area contributed by atoms with E-state index < -0.39 is 0 Å². The van der Waals surface area contributed by atoms with E-state index in [0.29, 0.717) is 5.82 Å². The van der Waals surface area contributed by atoms with Crippen LogP contribution in [0.25, 0.3) is 0 Å². The second-order valence-electron chi connectivity index (χ2n) is 3.40. The molecule has 1 aromatic heterocycles. The highest BCUT2D eigenvalue weighted by molar-refractivity contribution is 5.75. The van der Waals surface area contributed by atoms with Crippen LogP contribution in [0.2, 0.25) is 0 Å². The molecule has 2 N–H and O–H groups in total. The number of aromatic nitrogens is 3. The van der Waals surface area contributed by atoms with Crippen LogP contribution in [-0.4, -0.2) is 38.9 Å². The maximum Gasteiger partial charge on any atom is 0.246 e. The average Bonchev–Trinajstić information content (AvgIpc) is 2.49. The van der Waals surface area contributed by atoms with E-state index >= 15 is 0 Å². The van der Waals surface area contributed by atoms with Crippen LogP contribution in [0.3, 0.4) is 0 Å². The van der Waals surface area contributed by atoms with E-state index in [4.69, 9.17) is 5.73 Å². The molecule has 0 aliphatic rings. The Labute approximate surface area is 82.7 Å². The molecule has 0 fully saturated rings. The molecular weight excluding hydrogens is 182 g/mol. The number of carbonyl (C=O) groups is 1. The lowest BCUT2D eigenvalue weighted by Gasteiger charge is -2.20. The van der Waals surface area contributed by atoms with Crippen LogP contribution in [0.5, 0.6) is 0 Å². The fraction of sp³-hybridized carbons (Fsp3) is 0.625. The number of hydrogen-bond donors (Lipinski definition) is 1. The van der Waals surface area contributed by atoms with Crippen LogP contribution in [0.4, 0.5) is 5.82 Å². The molecule has 1 amide bonds. The number of rotatable bonds is 3. The van der Waals surface area contributed by atoms with E-state index in [2.05, 4.69) is 10.2 Å². The molecule has 6 nitrogen and oxygen atoms in total. The van der Waals surface area contributed by atoms with E-state index in [-0.39, 0.29) is 18.5 Å². The smallest absolute Gasteiger partial charge is 0.246 e. The molecular formula is C8H15N5O. The highest BCUT2D eigenvalue weighted by Gasteiger charge is 2.13. The summed E-state index contributed by atoms with van der Waals surface area (Å²) in [5.41, 5.74) is 5.37. The van der Waals surface area contributed by atoms with Gasteiger partial charge in [0.15, 0.2) is 5.82 Å². The molecule has 14 heavy (non-hydrogen) atoms.